The minimum Gasteiger partial charge on any atom is -0.373 e. The summed E-state index contributed by atoms with van der Waals surface area (Å²) in [6.07, 6.45) is 9.05. The van der Waals surface area contributed by atoms with E-state index in [1.165, 1.54) is 0 Å². The Labute approximate surface area is 187 Å². The van der Waals surface area contributed by atoms with E-state index in [0.29, 0.717) is 54.4 Å². The van der Waals surface area contributed by atoms with Gasteiger partial charge in [-0.3, -0.25) is 0 Å². The van der Waals surface area contributed by atoms with E-state index in [-0.39, 0.29) is 29.4 Å². The minimum absolute atomic E-state index is 0.108. The Morgan fingerprint density at radius 1 is 0.844 bits per heavy atom. The van der Waals surface area contributed by atoms with Crippen LogP contribution < -0.4 is 0 Å². The van der Waals surface area contributed by atoms with E-state index < -0.39 is 23.3 Å². The van der Waals surface area contributed by atoms with Gasteiger partial charge < -0.3 is 4.74 Å². The Morgan fingerprint density at radius 3 is 2.16 bits per heavy atom. The summed E-state index contributed by atoms with van der Waals surface area (Å²) in [6, 6.07) is 3.21. The average Bonchev–Trinajstić information content (AvgIpc) is 2.80. The zero-order chi connectivity index (χ0) is 22.8. The fourth-order valence-electron chi connectivity index (χ4n) is 4.92. The first-order valence-corrected chi connectivity index (χ1v) is 11.8. The monoisotopic (exact) mass is 446 g/mol. The van der Waals surface area contributed by atoms with Crippen molar-refractivity contribution in [3.63, 3.8) is 0 Å². The summed E-state index contributed by atoms with van der Waals surface area (Å²) in [5.74, 6) is -4.16. The topological polar surface area (TPSA) is 9.23 Å². The first-order chi connectivity index (χ1) is 15.5. The molecule has 0 amide bonds. The van der Waals surface area contributed by atoms with Crippen LogP contribution in [-0.4, -0.2) is 12.7 Å². The van der Waals surface area contributed by atoms with E-state index in [4.69, 9.17) is 4.74 Å². The molecule has 2 aromatic carbocycles. The molecule has 0 saturated heterocycles. The van der Waals surface area contributed by atoms with Gasteiger partial charge in [0, 0.05) is 16.7 Å². The van der Waals surface area contributed by atoms with Crippen LogP contribution in [0.2, 0.25) is 0 Å². The van der Waals surface area contributed by atoms with Gasteiger partial charge in [-0.25, -0.2) is 17.6 Å². The molecule has 0 N–H and O–H groups in total. The van der Waals surface area contributed by atoms with Crippen LogP contribution in [0.4, 0.5) is 17.6 Å². The summed E-state index contributed by atoms with van der Waals surface area (Å²) < 4.78 is 65.9. The number of hydrogen-bond acceptors (Lipinski definition) is 1. The minimum atomic E-state index is -1.11. The van der Waals surface area contributed by atoms with Crippen LogP contribution >= 0.6 is 0 Å². The predicted octanol–water partition coefficient (Wildman–Crippen LogP) is 7.71. The van der Waals surface area contributed by atoms with Crippen molar-refractivity contribution < 1.29 is 22.3 Å². The van der Waals surface area contributed by atoms with Crippen molar-refractivity contribution in [1.82, 2.24) is 0 Å². The van der Waals surface area contributed by atoms with Crippen LogP contribution in [0.5, 0.6) is 0 Å². The molecule has 172 valence electrons. The van der Waals surface area contributed by atoms with Gasteiger partial charge in [-0.2, -0.15) is 0 Å². The molecule has 2 aromatic rings. The second kappa shape index (κ2) is 9.78. The van der Waals surface area contributed by atoms with Crippen molar-refractivity contribution in [3.8, 4) is 11.1 Å². The normalized spacial score (nSPS) is 17.7. The average molecular weight is 447 g/mol. The van der Waals surface area contributed by atoms with E-state index in [2.05, 4.69) is 6.92 Å². The predicted molar refractivity (Wildman–Crippen MR) is 120 cm³/mol. The lowest BCUT2D eigenvalue weighted by atomic mass is 9.81. The molecule has 32 heavy (non-hydrogen) atoms. The number of fused-ring (bicyclic) bond motifs is 3. The maximum Gasteiger partial charge on any atom is 0.167 e. The van der Waals surface area contributed by atoms with Crippen molar-refractivity contribution in [2.45, 2.75) is 77.7 Å². The smallest absolute Gasteiger partial charge is 0.167 e. The summed E-state index contributed by atoms with van der Waals surface area (Å²) in [7, 11) is 0. The molecule has 0 radical (unpaired) electrons. The first-order valence-electron chi connectivity index (χ1n) is 11.8. The summed E-state index contributed by atoms with van der Waals surface area (Å²) in [6.45, 7) is 4.27. The van der Waals surface area contributed by atoms with Crippen LogP contribution in [0.15, 0.2) is 18.2 Å². The molecule has 0 bridgehead atoms. The molecule has 5 heteroatoms. The van der Waals surface area contributed by atoms with Crippen LogP contribution in [0.25, 0.3) is 16.7 Å². The molecule has 1 atom stereocenters. The standard InChI is InChI=1S/C27H30F4O/c1-3-5-6-8-20-12-11-19(15-32-20)21-14-17-10-9-16-13-18(7-4-2)24(28)26(30)22(16)23(17)27(31)25(21)29/h11,13-14,20H,3-10,12,15H2,1-2H3. The van der Waals surface area contributed by atoms with Gasteiger partial charge in [0.2, 0.25) is 0 Å². The van der Waals surface area contributed by atoms with Crippen LogP contribution in [0, 0.1) is 23.3 Å². The third-order valence-electron chi connectivity index (χ3n) is 6.66. The molecule has 0 spiro atoms. The largest absolute Gasteiger partial charge is 0.373 e. The number of aryl methyl sites for hydroxylation is 3. The highest BCUT2D eigenvalue weighted by Gasteiger charge is 2.31. The zero-order valence-corrected chi connectivity index (χ0v) is 18.8. The third kappa shape index (κ3) is 4.24. The van der Waals surface area contributed by atoms with E-state index in [1.54, 1.807) is 12.1 Å². The molecule has 1 aliphatic carbocycles. The van der Waals surface area contributed by atoms with Crippen molar-refractivity contribution in [2.75, 3.05) is 6.61 Å². The van der Waals surface area contributed by atoms with Gasteiger partial charge in [0.05, 0.1) is 12.7 Å². The second-order valence-electron chi connectivity index (χ2n) is 8.93. The maximum atomic E-state index is 15.3. The summed E-state index contributed by atoms with van der Waals surface area (Å²) in [4.78, 5) is 0. The molecular formula is C27H30F4O. The Balaban J connectivity index is 1.69. The van der Waals surface area contributed by atoms with E-state index >= 15 is 8.78 Å². The van der Waals surface area contributed by atoms with Gasteiger partial charge >= 0.3 is 0 Å². The van der Waals surface area contributed by atoms with Gasteiger partial charge in [0.15, 0.2) is 23.3 Å². The van der Waals surface area contributed by atoms with Crippen LogP contribution in [-0.2, 0) is 24.0 Å². The Hall–Kier alpha value is -2.14. The van der Waals surface area contributed by atoms with Crippen LogP contribution in [0.1, 0.15) is 74.6 Å². The van der Waals surface area contributed by atoms with Crippen molar-refractivity contribution >= 4 is 5.57 Å². The van der Waals surface area contributed by atoms with E-state index in [0.717, 1.165) is 25.7 Å². The van der Waals surface area contributed by atoms with Gasteiger partial charge in [-0.05, 0) is 60.4 Å². The van der Waals surface area contributed by atoms with E-state index in [1.807, 2.05) is 13.0 Å². The summed E-state index contributed by atoms with van der Waals surface area (Å²) in [5.41, 5.74) is 1.87. The molecule has 0 fully saturated rings. The van der Waals surface area contributed by atoms with Gasteiger partial charge in [-0.15, -0.1) is 0 Å². The van der Waals surface area contributed by atoms with Crippen molar-refractivity contribution in [3.05, 3.63) is 63.7 Å². The highest BCUT2D eigenvalue weighted by Crippen LogP contribution is 2.42. The van der Waals surface area contributed by atoms with Gasteiger partial charge in [-0.1, -0.05) is 51.7 Å². The zero-order valence-electron chi connectivity index (χ0n) is 18.8. The molecule has 1 heterocycles. The van der Waals surface area contributed by atoms with Crippen molar-refractivity contribution in [2.24, 2.45) is 0 Å². The molecule has 0 saturated carbocycles. The van der Waals surface area contributed by atoms with E-state index in [9.17, 15) is 8.78 Å². The number of unbranched alkanes of at least 4 members (excludes halogenated alkanes) is 2. The molecular weight excluding hydrogens is 416 g/mol. The third-order valence-corrected chi connectivity index (χ3v) is 6.66. The maximum absolute atomic E-state index is 15.3. The Morgan fingerprint density at radius 2 is 1.53 bits per heavy atom. The lowest BCUT2D eigenvalue weighted by Gasteiger charge is -2.26. The summed E-state index contributed by atoms with van der Waals surface area (Å²) >= 11 is 0. The summed E-state index contributed by atoms with van der Waals surface area (Å²) in [5, 5.41) is 0. The van der Waals surface area contributed by atoms with Gasteiger partial charge in [0.1, 0.15) is 0 Å². The molecule has 1 nitrogen and oxygen atoms in total. The molecule has 0 aromatic heterocycles. The number of hydrogen-bond donors (Lipinski definition) is 0. The highest BCUT2D eigenvalue weighted by atomic mass is 19.2. The fraction of sp³-hybridized carbons (Fsp3) is 0.481. The lowest BCUT2D eigenvalue weighted by molar-refractivity contribution is 0.0645. The number of benzene rings is 2. The van der Waals surface area contributed by atoms with Gasteiger partial charge in [0.25, 0.3) is 0 Å². The Bertz CT molecular complexity index is 1040. The molecule has 2 aliphatic rings. The van der Waals surface area contributed by atoms with Crippen molar-refractivity contribution in [1.29, 1.82) is 0 Å². The number of ether oxygens (including phenoxy) is 1. The van der Waals surface area contributed by atoms with Crippen LogP contribution in [0.3, 0.4) is 0 Å². The highest BCUT2D eigenvalue weighted by molar-refractivity contribution is 5.79. The second-order valence-corrected chi connectivity index (χ2v) is 8.93. The quantitative estimate of drug-likeness (QED) is 0.313. The molecule has 1 unspecified atom stereocenters. The molecule has 1 aliphatic heterocycles. The fourth-order valence-corrected chi connectivity index (χ4v) is 4.92. The Kier molecular flexibility index (Phi) is 7.04. The molecule has 4 rings (SSSR count). The first kappa shape index (κ1) is 23.0. The SMILES string of the molecule is CCCCCC1CC=C(c2cc3c(c(F)c2F)-c2c(cc(CCC)c(F)c2F)CC3)CO1. The lowest BCUT2D eigenvalue weighted by Crippen LogP contribution is -2.19. The number of halogens is 4. The number of rotatable bonds is 7.